The molecule has 0 radical (unpaired) electrons. The minimum absolute atomic E-state index is 0.211. The van der Waals surface area contributed by atoms with Crippen LogP contribution in [0.2, 0.25) is 0 Å². The van der Waals surface area contributed by atoms with Gasteiger partial charge in [-0.25, -0.2) is 9.67 Å². The van der Waals surface area contributed by atoms with Gasteiger partial charge in [-0.05, 0) is 35.1 Å². The predicted octanol–water partition coefficient (Wildman–Crippen LogP) is 5.31. The molecule has 0 unspecified atom stereocenters. The van der Waals surface area contributed by atoms with E-state index in [1.54, 1.807) is 10.9 Å². The number of fused-ring (bicyclic) bond motifs is 1. The van der Waals surface area contributed by atoms with E-state index in [9.17, 15) is 5.11 Å². The number of hydrogen-bond donors (Lipinski definition) is 1. The van der Waals surface area contributed by atoms with E-state index in [0.717, 1.165) is 33.4 Å². The average Bonchev–Trinajstić information content (AvgIpc) is 2.97. The van der Waals surface area contributed by atoms with Crippen molar-refractivity contribution in [1.82, 2.24) is 14.8 Å². The minimum Gasteiger partial charge on any atom is -0.507 e. The second-order valence-electron chi connectivity index (χ2n) is 9.27. The van der Waals surface area contributed by atoms with Gasteiger partial charge in [0.1, 0.15) is 11.4 Å². The summed E-state index contributed by atoms with van der Waals surface area (Å²) in [5.41, 5.74) is 3.95. The van der Waals surface area contributed by atoms with Crippen LogP contribution in [0.5, 0.6) is 5.75 Å². The molecule has 28 heavy (non-hydrogen) atoms. The zero-order valence-electron chi connectivity index (χ0n) is 17.5. The van der Waals surface area contributed by atoms with Gasteiger partial charge in [-0.1, -0.05) is 41.5 Å². The number of phenolic OH excluding ortho intramolecular Hbond substituents is 1. The Bertz CT molecular complexity index is 1020. The van der Waals surface area contributed by atoms with Crippen LogP contribution in [0.25, 0.3) is 22.3 Å². The fraction of sp³-hybridized carbons (Fsp3) is 0.435. The SMILES string of the molecule is CC(C)(C)c1cc(-c2nn(CCC#N)c3ncccc23)cc(C(C)(C)C)c1O. The summed E-state index contributed by atoms with van der Waals surface area (Å²) in [5.74, 6) is 0.357. The molecule has 1 aromatic carbocycles. The lowest BCUT2D eigenvalue weighted by molar-refractivity contribution is 0.423. The molecule has 0 aliphatic rings. The van der Waals surface area contributed by atoms with Crippen molar-refractivity contribution in [3.05, 3.63) is 41.6 Å². The normalized spacial score (nSPS) is 12.3. The van der Waals surface area contributed by atoms with Crippen LogP contribution >= 0.6 is 0 Å². The van der Waals surface area contributed by atoms with Crippen LogP contribution in [-0.4, -0.2) is 19.9 Å². The van der Waals surface area contributed by atoms with Crippen molar-refractivity contribution < 1.29 is 5.11 Å². The first-order valence-corrected chi connectivity index (χ1v) is 9.61. The number of aromatic hydroxyl groups is 1. The molecule has 5 heteroatoms. The number of hydrogen-bond acceptors (Lipinski definition) is 4. The van der Waals surface area contributed by atoms with Gasteiger partial charge < -0.3 is 5.11 Å². The number of pyridine rings is 1. The van der Waals surface area contributed by atoms with Gasteiger partial charge in [0.2, 0.25) is 0 Å². The molecule has 0 amide bonds. The third-order valence-corrected chi connectivity index (χ3v) is 4.94. The highest BCUT2D eigenvalue weighted by Gasteiger charge is 2.28. The van der Waals surface area contributed by atoms with Gasteiger partial charge in [0.25, 0.3) is 0 Å². The fourth-order valence-electron chi connectivity index (χ4n) is 3.45. The Morgan fingerprint density at radius 3 is 2.21 bits per heavy atom. The maximum absolute atomic E-state index is 11.0. The highest BCUT2D eigenvalue weighted by atomic mass is 16.3. The van der Waals surface area contributed by atoms with Gasteiger partial charge >= 0.3 is 0 Å². The van der Waals surface area contributed by atoms with Gasteiger partial charge in [-0.3, -0.25) is 0 Å². The first kappa shape index (κ1) is 19.9. The van der Waals surface area contributed by atoms with Crippen molar-refractivity contribution in [3.63, 3.8) is 0 Å². The van der Waals surface area contributed by atoms with Crippen LogP contribution in [0.15, 0.2) is 30.5 Å². The first-order valence-electron chi connectivity index (χ1n) is 9.61. The Kier molecular flexibility index (Phi) is 4.93. The molecule has 3 rings (SSSR count). The summed E-state index contributed by atoms with van der Waals surface area (Å²) in [7, 11) is 0. The molecule has 0 aliphatic carbocycles. The van der Waals surface area contributed by atoms with Crippen LogP contribution in [0.1, 0.15) is 59.1 Å². The van der Waals surface area contributed by atoms with Crippen LogP contribution in [-0.2, 0) is 17.4 Å². The largest absolute Gasteiger partial charge is 0.507 e. The van der Waals surface area contributed by atoms with E-state index in [0.29, 0.717) is 18.7 Å². The monoisotopic (exact) mass is 376 g/mol. The maximum Gasteiger partial charge on any atom is 0.158 e. The molecule has 1 N–H and O–H groups in total. The molecule has 0 atom stereocenters. The number of rotatable bonds is 3. The zero-order chi connectivity index (χ0) is 20.7. The molecule has 0 aliphatic heterocycles. The zero-order valence-corrected chi connectivity index (χ0v) is 17.5. The van der Waals surface area contributed by atoms with E-state index in [1.807, 2.05) is 24.3 Å². The summed E-state index contributed by atoms with van der Waals surface area (Å²) >= 11 is 0. The Morgan fingerprint density at radius 1 is 1.07 bits per heavy atom. The number of nitriles is 1. The molecular formula is C23H28N4O. The Balaban J connectivity index is 2.31. The third kappa shape index (κ3) is 3.60. The van der Waals surface area contributed by atoms with Crippen molar-refractivity contribution in [1.29, 1.82) is 5.26 Å². The van der Waals surface area contributed by atoms with E-state index in [-0.39, 0.29) is 10.8 Å². The van der Waals surface area contributed by atoms with Gasteiger partial charge in [-0.15, -0.1) is 0 Å². The first-order chi connectivity index (χ1) is 13.0. The molecule has 2 heterocycles. The Labute approximate surface area is 166 Å². The van der Waals surface area contributed by atoms with Crippen molar-refractivity contribution in [2.45, 2.75) is 65.3 Å². The van der Waals surface area contributed by atoms with Crippen molar-refractivity contribution in [2.75, 3.05) is 0 Å². The summed E-state index contributed by atoms with van der Waals surface area (Å²) in [6.07, 6.45) is 2.12. The lowest BCUT2D eigenvalue weighted by Crippen LogP contribution is -2.17. The maximum atomic E-state index is 11.0. The quantitative estimate of drug-likeness (QED) is 0.672. The van der Waals surface area contributed by atoms with Crippen LogP contribution in [0.3, 0.4) is 0 Å². The molecule has 0 saturated heterocycles. The lowest BCUT2D eigenvalue weighted by atomic mass is 9.78. The summed E-state index contributed by atoms with van der Waals surface area (Å²) < 4.78 is 1.80. The molecule has 0 spiro atoms. The number of nitrogens with zero attached hydrogens (tertiary/aromatic N) is 4. The Hall–Kier alpha value is -2.87. The van der Waals surface area contributed by atoms with E-state index in [4.69, 9.17) is 10.4 Å². The molecular weight excluding hydrogens is 348 g/mol. The van der Waals surface area contributed by atoms with Gasteiger partial charge in [-0.2, -0.15) is 10.4 Å². The number of aromatic nitrogens is 3. The minimum atomic E-state index is -0.211. The van der Waals surface area contributed by atoms with Crippen molar-refractivity contribution >= 4 is 11.0 Å². The van der Waals surface area contributed by atoms with Gasteiger partial charge in [0.05, 0.1) is 19.0 Å². The van der Waals surface area contributed by atoms with E-state index in [1.165, 1.54) is 0 Å². The summed E-state index contributed by atoms with van der Waals surface area (Å²) in [4.78, 5) is 4.48. The molecule has 0 saturated carbocycles. The summed E-state index contributed by atoms with van der Waals surface area (Å²) in [5, 5.41) is 25.7. The molecule has 3 aromatic rings. The lowest BCUT2D eigenvalue weighted by Gasteiger charge is -2.28. The Morgan fingerprint density at radius 2 is 1.68 bits per heavy atom. The highest BCUT2D eigenvalue weighted by molar-refractivity contribution is 5.91. The van der Waals surface area contributed by atoms with Gasteiger partial charge in [0.15, 0.2) is 5.65 Å². The molecule has 146 valence electrons. The number of benzene rings is 1. The predicted molar refractivity (Wildman–Crippen MR) is 112 cm³/mol. The average molecular weight is 377 g/mol. The van der Waals surface area contributed by atoms with E-state index in [2.05, 4.69) is 52.6 Å². The second-order valence-corrected chi connectivity index (χ2v) is 9.27. The molecule has 0 bridgehead atoms. The summed E-state index contributed by atoms with van der Waals surface area (Å²) in [6, 6.07) is 10.2. The van der Waals surface area contributed by atoms with Crippen LogP contribution in [0.4, 0.5) is 0 Å². The third-order valence-electron chi connectivity index (χ3n) is 4.94. The summed E-state index contributed by atoms with van der Waals surface area (Å²) in [6.45, 7) is 13.1. The van der Waals surface area contributed by atoms with Crippen molar-refractivity contribution in [2.24, 2.45) is 0 Å². The van der Waals surface area contributed by atoms with Gasteiger partial charge in [0, 0.05) is 28.3 Å². The standard InChI is InChI=1S/C23H28N4O/c1-22(2,3)17-13-15(14-18(20(17)28)23(4,5)6)19-16-9-7-11-25-21(16)27(26-19)12-8-10-24/h7,9,11,13-14,28H,8,12H2,1-6H3. The van der Waals surface area contributed by atoms with E-state index < -0.39 is 0 Å². The number of phenols is 1. The molecule has 0 fully saturated rings. The second kappa shape index (κ2) is 6.94. The molecule has 2 aromatic heterocycles. The van der Waals surface area contributed by atoms with E-state index >= 15 is 0 Å². The van der Waals surface area contributed by atoms with Crippen molar-refractivity contribution in [3.8, 4) is 23.1 Å². The smallest absolute Gasteiger partial charge is 0.158 e. The van der Waals surface area contributed by atoms with Crippen LogP contribution < -0.4 is 0 Å². The fourth-order valence-corrected chi connectivity index (χ4v) is 3.45. The topological polar surface area (TPSA) is 74.7 Å². The highest BCUT2D eigenvalue weighted by Crippen LogP contribution is 2.42. The number of aryl methyl sites for hydroxylation is 1. The molecule has 5 nitrogen and oxygen atoms in total. The van der Waals surface area contributed by atoms with Crippen LogP contribution in [0, 0.1) is 11.3 Å².